The van der Waals surface area contributed by atoms with Crippen molar-refractivity contribution in [3.05, 3.63) is 69.8 Å². The van der Waals surface area contributed by atoms with Crippen LogP contribution in [0.2, 0.25) is 0 Å². The molecule has 3 rings (SSSR count). The molecule has 0 spiro atoms. The molecule has 27 heavy (non-hydrogen) atoms. The van der Waals surface area contributed by atoms with Crippen molar-refractivity contribution in [1.82, 2.24) is 20.2 Å². The van der Waals surface area contributed by atoms with Crippen LogP contribution >= 0.6 is 0 Å². The molecule has 2 aromatic carbocycles. The van der Waals surface area contributed by atoms with E-state index in [1.807, 2.05) is 0 Å². The predicted octanol–water partition coefficient (Wildman–Crippen LogP) is 2.86. The van der Waals surface area contributed by atoms with Crippen LogP contribution in [0.5, 0.6) is 0 Å². The van der Waals surface area contributed by atoms with Gasteiger partial charge in [0.2, 0.25) is 5.82 Å². The maximum Gasteiger partial charge on any atom is 0.338 e. The van der Waals surface area contributed by atoms with Gasteiger partial charge in [-0.1, -0.05) is 30.3 Å². The van der Waals surface area contributed by atoms with Gasteiger partial charge < -0.3 is 4.74 Å². The highest BCUT2D eigenvalue weighted by atomic mass is 16.6. The Hall–Kier alpha value is -3.62. The Kier molecular flexibility index (Phi) is 5.20. The Labute approximate surface area is 154 Å². The van der Waals surface area contributed by atoms with Gasteiger partial charge >= 0.3 is 5.97 Å². The van der Waals surface area contributed by atoms with Gasteiger partial charge in [-0.25, -0.2) is 4.79 Å². The molecule has 138 valence electrons. The minimum Gasteiger partial charge on any atom is -0.459 e. The topological polar surface area (TPSA) is 113 Å². The van der Waals surface area contributed by atoms with Crippen molar-refractivity contribution in [2.45, 2.75) is 26.5 Å². The molecule has 0 atom stereocenters. The summed E-state index contributed by atoms with van der Waals surface area (Å²) in [5, 5.41) is 23.3. The van der Waals surface area contributed by atoms with E-state index < -0.39 is 10.9 Å². The maximum atomic E-state index is 12.0. The van der Waals surface area contributed by atoms with E-state index >= 15 is 0 Å². The van der Waals surface area contributed by atoms with Crippen LogP contribution in [-0.4, -0.2) is 37.2 Å². The van der Waals surface area contributed by atoms with Crippen LogP contribution in [0.4, 0.5) is 5.69 Å². The number of nitro groups is 1. The minimum absolute atomic E-state index is 0.00483. The zero-order chi connectivity index (χ0) is 19.4. The highest BCUT2D eigenvalue weighted by Gasteiger charge is 2.16. The quantitative estimate of drug-likeness (QED) is 0.374. The van der Waals surface area contributed by atoms with E-state index in [9.17, 15) is 14.9 Å². The molecule has 0 unspecified atom stereocenters. The molecule has 0 N–H and O–H groups in total. The van der Waals surface area contributed by atoms with Crippen molar-refractivity contribution < 1.29 is 14.5 Å². The predicted molar refractivity (Wildman–Crippen MR) is 96.0 cm³/mol. The number of hydrogen-bond donors (Lipinski definition) is 0. The lowest BCUT2D eigenvalue weighted by Crippen LogP contribution is -2.11. The Morgan fingerprint density at radius 3 is 2.74 bits per heavy atom. The van der Waals surface area contributed by atoms with E-state index in [4.69, 9.17) is 4.74 Å². The number of tetrazole rings is 1. The van der Waals surface area contributed by atoms with E-state index in [1.165, 1.54) is 10.9 Å². The van der Waals surface area contributed by atoms with Gasteiger partial charge in [0.05, 0.1) is 28.7 Å². The number of carbonyl (C=O) groups excluding carboxylic acids is 1. The van der Waals surface area contributed by atoms with Crippen LogP contribution in [0.15, 0.2) is 48.5 Å². The number of nitro benzene ring substituents is 1. The number of rotatable bonds is 6. The highest BCUT2D eigenvalue weighted by molar-refractivity contribution is 5.90. The Morgan fingerprint density at radius 1 is 1.22 bits per heavy atom. The molecule has 9 heteroatoms. The number of ether oxygens (including phenoxy) is 1. The highest BCUT2D eigenvalue weighted by Crippen LogP contribution is 2.20. The first-order valence-electron chi connectivity index (χ1n) is 8.25. The average Bonchev–Trinajstić information content (AvgIpc) is 3.10. The molecule has 3 aromatic rings. The number of esters is 1. The van der Waals surface area contributed by atoms with E-state index in [0.29, 0.717) is 22.5 Å². The molecule has 0 radical (unpaired) electrons. The normalized spacial score (nSPS) is 10.8. The summed E-state index contributed by atoms with van der Waals surface area (Å²) in [7, 11) is 0. The van der Waals surface area contributed by atoms with Gasteiger partial charge in [0.25, 0.3) is 5.69 Å². The van der Waals surface area contributed by atoms with Gasteiger partial charge in [-0.15, -0.1) is 10.2 Å². The summed E-state index contributed by atoms with van der Waals surface area (Å²) < 4.78 is 5.18. The van der Waals surface area contributed by atoms with E-state index in [1.54, 1.807) is 56.3 Å². The lowest BCUT2D eigenvalue weighted by Gasteiger charge is -2.08. The van der Waals surface area contributed by atoms with Crippen LogP contribution < -0.4 is 0 Å². The fraction of sp³-hybridized carbons (Fsp3) is 0.222. The molecular weight excluding hydrogens is 350 g/mol. The zero-order valence-electron chi connectivity index (χ0n) is 14.8. The summed E-state index contributed by atoms with van der Waals surface area (Å²) in [6, 6.07) is 13.1. The second-order valence-corrected chi connectivity index (χ2v) is 6.06. The van der Waals surface area contributed by atoms with Crippen molar-refractivity contribution in [2.24, 2.45) is 0 Å². The molecule has 1 aromatic heterocycles. The maximum absolute atomic E-state index is 12.0. The lowest BCUT2D eigenvalue weighted by atomic mass is 10.1. The zero-order valence-corrected chi connectivity index (χ0v) is 14.8. The van der Waals surface area contributed by atoms with Gasteiger partial charge in [-0.2, -0.15) is 4.80 Å². The van der Waals surface area contributed by atoms with Gasteiger partial charge in [0.15, 0.2) is 0 Å². The van der Waals surface area contributed by atoms with Gasteiger partial charge in [-0.05, 0) is 31.2 Å². The second-order valence-electron chi connectivity index (χ2n) is 6.06. The SMILES string of the molecule is CC(C)OC(=O)c1cccc(-c2nnn(Cc3ccccc3[N+](=O)[O-])n2)c1. The van der Waals surface area contributed by atoms with Gasteiger partial charge in [0.1, 0.15) is 0 Å². The molecule has 0 bridgehead atoms. The summed E-state index contributed by atoms with van der Waals surface area (Å²) in [6.07, 6.45) is -0.221. The minimum atomic E-state index is -0.447. The second kappa shape index (κ2) is 7.73. The third-order valence-corrected chi connectivity index (χ3v) is 3.65. The largest absolute Gasteiger partial charge is 0.459 e. The molecule has 0 aliphatic heterocycles. The van der Waals surface area contributed by atoms with Gasteiger partial charge in [-0.3, -0.25) is 10.1 Å². The van der Waals surface area contributed by atoms with Crippen LogP contribution in [-0.2, 0) is 11.3 Å². The Balaban J connectivity index is 1.83. The van der Waals surface area contributed by atoms with Gasteiger partial charge in [0, 0.05) is 11.6 Å². The number of hydrogen-bond acceptors (Lipinski definition) is 7. The molecule has 0 amide bonds. The first kappa shape index (κ1) is 18.2. The monoisotopic (exact) mass is 367 g/mol. The number of para-hydroxylation sites is 1. The van der Waals surface area contributed by atoms with Crippen molar-refractivity contribution >= 4 is 11.7 Å². The van der Waals surface area contributed by atoms with Crippen LogP contribution in [0, 0.1) is 10.1 Å². The number of aromatic nitrogens is 4. The standard InChI is InChI=1S/C18H17N5O4/c1-12(2)27-18(24)14-8-5-7-13(10-14)17-19-21-22(20-17)11-15-6-3-4-9-16(15)23(25)26/h3-10,12H,11H2,1-2H3. The average molecular weight is 367 g/mol. The fourth-order valence-electron chi connectivity index (χ4n) is 2.47. The van der Waals surface area contributed by atoms with Crippen LogP contribution in [0.25, 0.3) is 11.4 Å². The fourth-order valence-corrected chi connectivity index (χ4v) is 2.47. The van der Waals surface area contributed by atoms with Crippen molar-refractivity contribution in [3.63, 3.8) is 0 Å². The molecule has 0 aliphatic rings. The third-order valence-electron chi connectivity index (χ3n) is 3.65. The van der Waals surface area contributed by atoms with Crippen LogP contribution in [0.1, 0.15) is 29.8 Å². The molecule has 0 saturated heterocycles. The van der Waals surface area contributed by atoms with Crippen LogP contribution in [0.3, 0.4) is 0 Å². The smallest absolute Gasteiger partial charge is 0.338 e. The summed E-state index contributed by atoms with van der Waals surface area (Å²) >= 11 is 0. The molecular formula is C18H17N5O4. The molecule has 0 saturated carbocycles. The Bertz CT molecular complexity index is 983. The summed E-state index contributed by atoms with van der Waals surface area (Å²) in [4.78, 5) is 24.0. The summed E-state index contributed by atoms with van der Waals surface area (Å²) in [5.74, 6) is -0.119. The van der Waals surface area contributed by atoms with E-state index in [0.717, 1.165) is 0 Å². The number of nitrogens with zero attached hydrogens (tertiary/aromatic N) is 5. The third kappa shape index (κ3) is 4.32. The lowest BCUT2D eigenvalue weighted by molar-refractivity contribution is -0.385. The van der Waals surface area contributed by atoms with Crippen molar-refractivity contribution in [3.8, 4) is 11.4 Å². The first-order valence-corrected chi connectivity index (χ1v) is 8.25. The molecule has 0 fully saturated rings. The number of carbonyl (C=O) groups is 1. The summed E-state index contributed by atoms with van der Waals surface area (Å²) in [6.45, 7) is 3.66. The molecule has 0 aliphatic carbocycles. The van der Waals surface area contributed by atoms with Crippen molar-refractivity contribution in [2.75, 3.05) is 0 Å². The first-order chi connectivity index (χ1) is 12.9. The molecule has 9 nitrogen and oxygen atoms in total. The number of benzene rings is 2. The van der Waals surface area contributed by atoms with E-state index in [-0.39, 0.29) is 18.3 Å². The van der Waals surface area contributed by atoms with E-state index in [2.05, 4.69) is 15.4 Å². The summed E-state index contributed by atoms with van der Waals surface area (Å²) in [5.41, 5.74) is 1.45. The van der Waals surface area contributed by atoms with Crippen molar-refractivity contribution in [1.29, 1.82) is 0 Å². The molecule has 1 heterocycles. The Morgan fingerprint density at radius 2 is 2.00 bits per heavy atom.